The number of phenolic OH excluding ortho intramolecular Hbond substituents is 1. The van der Waals surface area contributed by atoms with Gasteiger partial charge in [-0.15, -0.1) is 11.3 Å². The smallest absolute Gasteiger partial charge is 0.135 e. The minimum Gasteiger partial charge on any atom is -0.507 e. The summed E-state index contributed by atoms with van der Waals surface area (Å²) < 4.78 is 3.96. The monoisotopic (exact) mass is 557 g/mol. The highest BCUT2D eigenvalue weighted by Crippen LogP contribution is 2.47. The number of hydrogen-bond donors (Lipinski definition) is 2. The zero-order valence-electron chi connectivity index (χ0n) is 13.2. The van der Waals surface area contributed by atoms with Gasteiger partial charge in [0.25, 0.3) is 0 Å². The van der Waals surface area contributed by atoms with Crippen molar-refractivity contribution in [3.63, 3.8) is 0 Å². The zero-order valence-corrected chi connectivity index (χ0v) is 18.7. The molecule has 0 aliphatic carbocycles. The number of nitrogens with two attached hydrogens (primary N) is 1. The van der Waals surface area contributed by atoms with Gasteiger partial charge in [0.15, 0.2) is 0 Å². The van der Waals surface area contributed by atoms with Crippen LogP contribution >= 0.6 is 59.1 Å². The fraction of sp³-hybridized carbons (Fsp3) is 0.0625. The number of benzene rings is 1. The molecule has 0 saturated heterocycles. The molecule has 4 rings (SSSR count). The van der Waals surface area contributed by atoms with Gasteiger partial charge >= 0.3 is 0 Å². The van der Waals surface area contributed by atoms with Crippen LogP contribution in [0.2, 0.25) is 0 Å². The molecule has 3 N–H and O–H groups in total. The van der Waals surface area contributed by atoms with Crippen molar-refractivity contribution in [1.82, 2.24) is 19.5 Å². The molecule has 1 aromatic carbocycles. The molecule has 0 fully saturated rings. The van der Waals surface area contributed by atoms with Crippen LogP contribution in [0, 0.1) is 0 Å². The number of aromatic hydroxyl groups is 1. The number of hydrogen-bond acceptors (Lipinski definition) is 6. The Balaban J connectivity index is 2.00. The molecule has 0 aliphatic heterocycles. The number of thiophene rings is 1. The third kappa shape index (κ3) is 2.75. The Kier molecular flexibility index (Phi) is 4.54. The standard InChI is InChI=1S/C16H10Br3N5OS/c1-24-5-23-13(10-7(17)3-8(25)11(18)12(10)19)14(24)9-2-6-15(20)21-4-22-16(6)26-9/h2-5,25H,1H3,(H2,20,21,22). The summed E-state index contributed by atoms with van der Waals surface area (Å²) in [5.41, 5.74) is 8.51. The predicted molar refractivity (Wildman–Crippen MR) is 114 cm³/mol. The van der Waals surface area contributed by atoms with Crippen LogP contribution in [0.5, 0.6) is 5.75 Å². The maximum absolute atomic E-state index is 10.0. The molecule has 0 unspecified atom stereocenters. The van der Waals surface area contributed by atoms with Crippen LogP contribution < -0.4 is 5.73 Å². The number of halogens is 3. The van der Waals surface area contributed by atoms with E-state index in [0.29, 0.717) is 14.8 Å². The van der Waals surface area contributed by atoms with E-state index >= 15 is 0 Å². The molecular formula is C16H10Br3N5OS. The maximum atomic E-state index is 10.0. The summed E-state index contributed by atoms with van der Waals surface area (Å²) in [6.07, 6.45) is 3.22. The van der Waals surface area contributed by atoms with Crippen LogP contribution in [0.15, 0.2) is 38.2 Å². The lowest BCUT2D eigenvalue weighted by Crippen LogP contribution is -1.92. The fourth-order valence-electron chi connectivity index (χ4n) is 2.69. The summed E-state index contributed by atoms with van der Waals surface area (Å²) in [4.78, 5) is 14.7. The summed E-state index contributed by atoms with van der Waals surface area (Å²) in [5.74, 6) is 0.589. The van der Waals surface area contributed by atoms with E-state index < -0.39 is 0 Å². The second kappa shape index (κ2) is 6.59. The Morgan fingerprint density at radius 1 is 1.12 bits per heavy atom. The topological polar surface area (TPSA) is 89.8 Å². The van der Waals surface area contributed by atoms with E-state index in [4.69, 9.17) is 5.73 Å². The van der Waals surface area contributed by atoms with E-state index in [2.05, 4.69) is 62.7 Å². The first-order valence-electron chi connectivity index (χ1n) is 7.27. The summed E-state index contributed by atoms with van der Waals surface area (Å²) in [6.45, 7) is 0. The summed E-state index contributed by atoms with van der Waals surface area (Å²) in [6, 6.07) is 3.62. The molecule has 0 radical (unpaired) electrons. The normalized spacial score (nSPS) is 11.4. The van der Waals surface area contributed by atoms with E-state index in [9.17, 15) is 5.11 Å². The van der Waals surface area contributed by atoms with Crippen LogP contribution in [-0.4, -0.2) is 24.6 Å². The first-order chi connectivity index (χ1) is 12.4. The van der Waals surface area contributed by atoms with Crippen LogP contribution in [0.4, 0.5) is 5.82 Å². The Bertz CT molecular complexity index is 1170. The van der Waals surface area contributed by atoms with Gasteiger partial charge in [0.2, 0.25) is 0 Å². The molecule has 6 nitrogen and oxygen atoms in total. The molecule has 3 heterocycles. The van der Waals surface area contributed by atoms with Crippen LogP contribution in [0.25, 0.3) is 32.0 Å². The van der Waals surface area contributed by atoms with Crippen LogP contribution in [0.1, 0.15) is 0 Å². The quantitative estimate of drug-likeness (QED) is 0.324. The Hall–Kier alpha value is -1.49. The summed E-state index contributed by atoms with van der Waals surface area (Å²) in [5, 5.41) is 10.8. The average Bonchev–Trinajstić information content (AvgIpc) is 3.17. The second-order valence-electron chi connectivity index (χ2n) is 5.52. The first kappa shape index (κ1) is 17.9. The van der Waals surface area contributed by atoms with E-state index in [1.165, 1.54) is 17.7 Å². The van der Waals surface area contributed by atoms with Crippen molar-refractivity contribution in [2.75, 3.05) is 5.73 Å². The number of imidazole rings is 1. The fourth-order valence-corrected chi connectivity index (χ4v) is 5.58. The van der Waals surface area contributed by atoms with Gasteiger partial charge in [0.05, 0.1) is 32.5 Å². The number of nitrogen functional groups attached to an aromatic ring is 1. The Labute approximate surface area is 177 Å². The first-order valence-corrected chi connectivity index (χ1v) is 10.5. The van der Waals surface area contributed by atoms with Gasteiger partial charge in [-0.25, -0.2) is 15.0 Å². The van der Waals surface area contributed by atoms with Crippen molar-refractivity contribution < 1.29 is 5.11 Å². The molecule has 0 amide bonds. The van der Waals surface area contributed by atoms with Crippen molar-refractivity contribution in [2.45, 2.75) is 0 Å². The lowest BCUT2D eigenvalue weighted by molar-refractivity contribution is 0.471. The van der Waals surface area contributed by atoms with Gasteiger partial charge in [-0.2, -0.15) is 0 Å². The number of rotatable bonds is 2. The SMILES string of the molecule is Cn1cnc(-c2c(Br)cc(O)c(Br)c2Br)c1-c1cc2c(N)ncnc2s1. The van der Waals surface area contributed by atoms with Gasteiger partial charge in [0.1, 0.15) is 22.7 Å². The lowest BCUT2D eigenvalue weighted by atomic mass is 10.1. The number of aryl methyl sites for hydroxylation is 1. The third-order valence-corrected chi connectivity index (χ3v) is 7.71. The van der Waals surface area contributed by atoms with E-state index in [1.807, 2.05) is 17.7 Å². The van der Waals surface area contributed by atoms with Gasteiger partial charge in [-0.3, -0.25) is 0 Å². The summed E-state index contributed by atoms with van der Waals surface area (Å²) >= 11 is 12.0. The van der Waals surface area contributed by atoms with Gasteiger partial charge < -0.3 is 15.4 Å². The van der Waals surface area contributed by atoms with E-state index in [-0.39, 0.29) is 5.75 Å². The molecule has 0 saturated carbocycles. The lowest BCUT2D eigenvalue weighted by Gasteiger charge is -2.11. The largest absolute Gasteiger partial charge is 0.507 e. The molecule has 3 aromatic heterocycles. The van der Waals surface area contributed by atoms with Crippen molar-refractivity contribution in [3.8, 4) is 27.6 Å². The molecule has 10 heteroatoms. The molecule has 132 valence electrons. The zero-order chi connectivity index (χ0) is 18.6. The van der Waals surface area contributed by atoms with E-state index in [0.717, 1.165) is 36.5 Å². The van der Waals surface area contributed by atoms with Crippen molar-refractivity contribution in [1.29, 1.82) is 0 Å². The van der Waals surface area contributed by atoms with Crippen molar-refractivity contribution >= 4 is 75.2 Å². The predicted octanol–water partition coefficient (Wildman–Crippen LogP) is 5.33. The number of aromatic nitrogens is 4. The average molecular weight is 560 g/mol. The van der Waals surface area contributed by atoms with Crippen LogP contribution in [-0.2, 0) is 7.05 Å². The number of anilines is 1. The molecule has 26 heavy (non-hydrogen) atoms. The molecule has 0 spiro atoms. The number of fused-ring (bicyclic) bond motifs is 1. The highest BCUT2D eigenvalue weighted by molar-refractivity contribution is 9.13. The van der Waals surface area contributed by atoms with Gasteiger partial charge in [-0.05, 0) is 59.9 Å². The van der Waals surface area contributed by atoms with Crippen LogP contribution in [0.3, 0.4) is 0 Å². The highest BCUT2D eigenvalue weighted by atomic mass is 79.9. The van der Waals surface area contributed by atoms with E-state index in [1.54, 1.807) is 12.4 Å². The maximum Gasteiger partial charge on any atom is 0.135 e. The molecule has 0 atom stereocenters. The Morgan fingerprint density at radius 3 is 2.62 bits per heavy atom. The molecule has 0 aliphatic rings. The van der Waals surface area contributed by atoms with Gasteiger partial charge in [-0.1, -0.05) is 0 Å². The third-order valence-electron chi connectivity index (χ3n) is 3.91. The second-order valence-corrected chi connectivity index (χ2v) is 8.99. The van der Waals surface area contributed by atoms with Gasteiger partial charge in [0, 0.05) is 21.6 Å². The minimum absolute atomic E-state index is 0.134. The molecule has 0 bridgehead atoms. The molecular weight excluding hydrogens is 550 g/mol. The number of nitrogens with zero attached hydrogens (tertiary/aromatic N) is 4. The van der Waals surface area contributed by atoms with Crippen molar-refractivity contribution in [3.05, 3.63) is 38.2 Å². The Morgan fingerprint density at radius 2 is 1.88 bits per heavy atom. The molecule has 4 aromatic rings. The minimum atomic E-state index is 0.134. The number of phenols is 1. The highest BCUT2D eigenvalue weighted by Gasteiger charge is 2.23. The summed E-state index contributed by atoms with van der Waals surface area (Å²) in [7, 11) is 1.93. The van der Waals surface area contributed by atoms with Crippen molar-refractivity contribution in [2.24, 2.45) is 7.05 Å².